The number of aliphatic carboxylic acids is 1. The first-order chi connectivity index (χ1) is 4.70. The largest absolute Gasteiger partial charge is 0.480 e. The summed E-state index contributed by atoms with van der Waals surface area (Å²) in [6.07, 6.45) is 0.252. The molecule has 0 spiro atoms. The van der Waals surface area contributed by atoms with Crippen LogP contribution in [-0.4, -0.2) is 36.4 Å². The summed E-state index contributed by atoms with van der Waals surface area (Å²) in [7, 11) is 0. The van der Waals surface area contributed by atoms with Gasteiger partial charge in [0.15, 0.2) is 0 Å². The summed E-state index contributed by atoms with van der Waals surface area (Å²) >= 11 is 0. The fourth-order valence-corrected chi connectivity index (χ4v) is 0.581. The third kappa shape index (κ3) is 2.33. The molecule has 4 nitrogen and oxygen atoms in total. The minimum atomic E-state index is -0.819. The van der Waals surface area contributed by atoms with Gasteiger partial charge in [0, 0.05) is 6.54 Å². The summed E-state index contributed by atoms with van der Waals surface area (Å²) in [4.78, 5) is 10.2. The predicted molar refractivity (Wildman–Crippen MR) is 34.8 cm³/mol. The number of ether oxygens (including phenoxy) is 1. The van der Waals surface area contributed by atoms with Gasteiger partial charge in [-0.25, -0.2) is 0 Å². The summed E-state index contributed by atoms with van der Waals surface area (Å²) in [6.45, 7) is 3.03. The van der Waals surface area contributed by atoms with E-state index in [0.717, 1.165) is 6.61 Å². The van der Waals surface area contributed by atoms with Crippen LogP contribution in [0, 0.1) is 0 Å². The fourth-order valence-electron chi connectivity index (χ4n) is 0.581. The van der Waals surface area contributed by atoms with Gasteiger partial charge < -0.3 is 15.2 Å². The van der Waals surface area contributed by atoms with E-state index in [2.05, 4.69) is 5.32 Å². The van der Waals surface area contributed by atoms with Gasteiger partial charge in [-0.1, -0.05) is 0 Å². The second-order valence-electron chi connectivity index (χ2n) is 2.42. The van der Waals surface area contributed by atoms with Gasteiger partial charge in [-0.05, 0) is 6.92 Å². The van der Waals surface area contributed by atoms with Crippen LogP contribution in [0.4, 0.5) is 0 Å². The highest BCUT2D eigenvalue weighted by Gasteiger charge is 2.23. The third-order valence-corrected chi connectivity index (χ3v) is 1.42. The molecule has 0 radical (unpaired) electrons. The van der Waals surface area contributed by atoms with E-state index in [1.54, 1.807) is 6.92 Å². The van der Waals surface area contributed by atoms with Crippen LogP contribution in [0.1, 0.15) is 6.92 Å². The lowest BCUT2D eigenvalue weighted by molar-refractivity contribution is -0.138. The Kier molecular flexibility index (Phi) is 2.24. The topological polar surface area (TPSA) is 61.9 Å². The van der Waals surface area contributed by atoms with Gasteiger partial charge in [0.25, 0.3) is 0 Å². The van der Waals surface area contributed by atoms with Crippen LogP contribution in [0.3, 0.4) is 0 Å². The Morgan fingerprint density at radius 1 is 2.00 bits per heavy atom. The molecule has 1 unspecified atom stereocenters. The lowest BCUT2D eigenvalue weighted by Crippen LogP contribution is -2.36. The standard InChI is InChI=1S/C6H11NO3/c1-4(6(8)9)7-2-5-3-10-5/h4-5,7H,2-3H2,1H3,(H,8,9)/t4-,5?/m0/s1. The molecule has 0 aliphatic carbocycles. The maximum atomic E-state index is 10.2. The van der Waals surface area contributed by atoms with Crippen molar-refractivity contribution in [2.45, 2.75) is 19.1 Å². The summed E-state index contributed by atoms with van der Waals surface area (Å²) in [5.74, 6) is -0.819. The van der Waals surface area contributed by atoms with Gasteiger partial charge >= 0.3 is 5.97 Å². The molecule has 10 heavy (non-hydrogen) atoms. The van der Waals surface area contributed by atoms with E-state index < -0.39 is 12.0 Å². The van der Waals surface area contributed by atoms with Crippen molar-refractivity contribution >= 4 is 5.97 Å². The van der Waals surface area contributed by atoms with Crippen LogP contribution in [0.5, 0.6) is 0 Å². The number of hydrogen-bond donors (Lipinski definition) is 2. The first kappa shape index (κ1) is 7.50. The minimum Gasteiger partial charge on any atom is -0.480 e. The number of epoxide rings is 1. The van der Waals surface area contributed by atoms with Crippen molar-refractivity contribution in [1.82, 2.24) is 5.32 Å². The van der Waals surface area contributed by atoms with Gasteiger partial charge in [0.05, 0.1) is 12.7 Å². The molecule has 0 aromatic carbocycles. The molecule has 4 heteroatoms. The third-order valence-electron chi connectivity index (χ3n) is 1.42. The number of rotatable bonds is 4. The van der Waals surface area contributed by atoms with E-state index in [-0.39, 0.29) is 6.10 Å². The zero-order valence-corrected chi connectivity index (χ0v) is 5.83. The lowest BCUT2D eigenvalue weighted by Gasteiger charge is -2.05. The quantitative estimate of drug-likeness (QED) is 0.521. The van der Waals surface area contributed by atoms with Crippen LogP contribution < -0.4 is 5.32 Å². The van der Waals surface area contributed by atoms with Crippen molar-refractivity contribution in [2.24, 2.45) is 0 Å². The van der Waals surface area contributed by atoms with Crippen molar-refractivity contribution in [3.8, 4) is 0 Å². The highest BCUT2D eigenvalue weighted by atomic mass is 16.6. The molecule has 0 aromatic rings. The van der Waals surface area contributed by atoms with Crippen LogP contribution >= 0.6 is 0 Å². The van der Waals surface area contributed by atoms with Crippen molar-refractivity contribution < 1.29 is 14.6 Å². The molecule has 1 aliphatic heterocycles. The zero-order chi connectivity index (χ0) is 7.56. The Bertz CT molecular complexity index is 133. The van der Waals surface area contributed by atoms with Gasteiger partial charge in [0.1, 0.15) is 6.04 Å². The number of carboxylic acid groups (broad SMARTS) is 1. The molecule has 1 aliphatic rings. The number of carboxylic acids is 1. The number of hydrogen-bond acceptors (Lipinski definition) is 3. The average molecular weight is 145 g/mol. The summed E-state index contributed by atoms with van der Waals surface area (Å²) in [6, 6.07) is -0.468. The molecule has 1 heterocycles. The Morgan fingerprint density at radius 2 is 2.60 bits per heavy atom. The smallest absolute Gasteiger partial charge is 0.320 e. The van der Waals surface area contributed by atoms with Gasteiger partial charge in [-0.15, -0.1) is 0 Å². The lowest BCUT2D eigenvalue weighted by atomic mass is 10.3. The maximum Gasteiger partial charge on any atom is 0.320 e. The highest BCUT2D eigenvalue weighted by Crippen LogP contribution is 2.06. The van der Waals surface area contributed by atoms with Crippen molar-refractivity contribution in [3.05, 3.63) is 0 Å². The molecule has 2 atom stereocenters. The van der Waals surface area contributed by atoms with Gasteiger partial charge in [-0.3, -0.25) is 4.79 Å². The Hall–Kier alpha value is -0.610. The Labute approximate surface area is 59.2 Å². The highest BCUT2D eigenvalue weighted by molar-refractivity contribution is 5.72. The van der Waals surface area contributed by atoms with Crippen molar-refractivity contribution in [1.29, 1.82) is 0 Å². The number of carbonyl (C=O) groups is 1. The molecule has 1 saturated heterocycles. The first-order valence-electron chi connectivity index (χ1n) is 3.28. The monoisotopic (exact) mass is 145 g/mol. The van der Waals surface area contributed by atoms with Crippen LogP contribution in [0.2, 0.25) is 0 Å². The molecule has 0 saturated carbocycles. The van der Waals surface area contributed by atoms with Crippen LogP contribution in [0.25, 0.3) is 0 Å². The molecule has 2 N–H and O–H groups in total. The predicted octanol–water partition coefficient (Wildman–Crippen LogP) is -0.552. The SMILES string of the molecule is C[C@H](NCC1CO1)C(=O)O. The summed E-state index contributed by atoms with van der Waals surface area (Å²) in [5, 5.41) is 11.2. The summed E-state index contributed by atoms with van der Waals surface area (Å²) < 4.78 is 4.88. The second-order valence-corrected chi connectivity index (χ2v) is 2.42. The molecule has 1 fully saturated rings. The molecule has 58 valence electrons. The van der Waals surface area contributed by atoms with Crippen LogP contribution in [-0.2, 0) is 9.53 Å². The minimum absolute atomic E-state index is 0.252. The molecular weight excluding hydrogens is 134 g/mol. The normalized spacial score (nSPS) is 25.9. The summed E-state index contributed by atoms with van der Waals surface area (Å²) in [5.41, 5.74) is 0. The molecule has 1 rings (SSSR count). The first-order valence-corrected chi connectivity index (χ1v) is 3.28. The number of nitrogens with one attached hydrogen (secondary N) is 1. The molecule has 0 amide bonds. The zero-order valence-electron chi connectivity index (χ0n) is 5.83. The van der Waals surface area contributed by atoms with Crippen molar-refractivity contribution in [3.63, 3.8) is 0 Å². The van der Waals surface area contributed by atoms with E-state index in [0.29, 0.717) is 6.54 Å². The molecule has 0 aromatic heterocycles. The van der Waals surface area contributed by atoms with Gasteiger partial charge in [-0.2, -0.15) is 0 Å². The Morgan fingerprint density at radius 3 is 3.00 bits per heavy atom. The van der Waals surface area contributed by atoms with E-state index in [9.17, 15) is 4.79 Å². The van der Waals surface area contributed by atoms with E-state index in [4.69, 9.17) is 9.84 Å². The maximum absolute atomic E-state index is 10.2. The van der Waals surface area contributed by atoms with E-state index in [1.165, 1.54) is 0 Å². The van der Waals surface area contributed by atoms with Crippen molar-refractivity contribution in [2.75, 3.05) is 13.2 Å². The van der Waals surface area contributed by atoms with E-state index >= 15 is 0 Å². The average Bonchev–Trinajstić information content (AvgIpc) is 2.64. The van der Waals surface area contributed by atoms with E-state index in [1.807, 2.05) is 0 Å². The van der Waals surface area contributed by atoms with Gasteiger partial charge in [0.2, 0.25) is 0 Å². The molecule has 0 bridgehead atoms. The molecular formula is C6H11NO3. The fraction of sp³-hybridized carbons (Fsp3) is 0.833. The second kappa shape index (κ2) is 2.98. The Balaban J connectivity index is 2.05. The van der Waals surface area contributed by atoms with Crippen LogP contribution in [0.15, 0.2) is 0 Å².